The minimum atomic E-state index is 0.0294. The van der Waals surface area contributed by atoms with Gasteiger partial charge in [-0.1, -0.05) is 19.8 Å². The van der Waals surface area contributed by atoms with Crippen LogP contribution in [0.25, 0.3) is 0 Å². The van der Waals surface area contributed by atoms with Crippen LogP contribution in [0.1, 0.15) is 40.0 Å². The topological polar surface area (TPSA) is 38.4 Å². The van der Waals surface area contributed by atoms with E-state index in [1.807, 2.05) is 0 Å². The minimum Gasteiger partial charge on any atom is -0.326 e. The van der Waals surface area contributed by atoms with Gasteiger partial charge in [-0.2, -0.15) is 0 Å². The fourth-order valence-corrected chi connectivity index (χ4v) is 0.938. The number of rotatable bonds is 5. The van der Waals surface area contributed by atoms with Crippen molar-refractivity contribution in [3.05, 3.63) is 6.08 Å². The molecule has 0 aliphatic carbocycles. The van der Waals surface area contributed by atoms with Crippen LogP contribution in [-0.2, 0) is 0 Å². The van der Waals surface area contributed by atoms with E-state index in [1.165, 1.54) is 12.8 Å². The van der Waals surface area contributed by atoms with Crippen LogP contribution in [0.3, 0.4) is 0 Å². The van der Waals surface area contributed by atoms with Gasteiger partial charge in [-0.25, -0.2) is 4.99 Å². The van der Waals surface area contributed by atoms with Gasteiger partial charge in [0.25, 0.3) is 0 Å². The van der Waals surface area contributed by atoms with Gasteiger partial charge >= 0.3 is 0 Å². The lowest BCUT2D eigenvalue weighted by atomic mass is 9.99. The van der Waals surface area contributed by atoms with E-state index in [2.05, 4.69) is 31.6 Å². The van der Waals surface area contributed by atoms with Gasteiger partial charge in [0.2, 0.25) is 0 Å². The van der Waals surface area contributed by atoms with E-state index in [1.54, 1.807) is 6.08 Å². The summed E-state index contributed by atoms with van der Waals surface area (Å²) in [6.07, 6.45) is 5.32. The number of hydrogen-bond donors (Lipinski definition) is 1. The zero-order chi connectivity index (χ0) is 9.45. The molecule has 0 amide bonds. The lowest BCUT2D eigenvalue weighted by molar-refractivity contribution is 0.461. The lowest BCUT2D eigenvalue weighted by Gasteiger charge is -2.16. The molecule has 2 N–H and O–H groups in total. The first-order chi connectivity index (χ1) is 5.62. The van der Waals surface area contributed by atoms with Crippen LogP contribution in [0, 0.1) is 0 Å². The van der Waals surface area contributed by atoms with E-state index in [-0.39, 0.29) is 5.54 Å². The highest BCUT2D eigenvalue weighted by Crippen LogP contribution is 2.16. The van der Waals surface area contributed by atoms with E-state index in [4.69, 9.17) is 5.73 Å². The van der Waals surface area contributed by atoms with Gasteiger partial charge < -0.3 is 5.73 Å². The van der Waals surface area contributed by atoms with Gasteiger partial charge in [-0.05, 0) is 32.2 Å². The van der Waals surface area contributed by atoms with Crippen LogP contribution in [-0.4, -0.2) is 18.0 Å². The van der Waals surface area contributed by atoms with Crippen molar-refractivity contribution in [2.45, 2.75) is 45.6 Å². The van der Waals surface area contributed by atoms with Gasteiger partial charge in [0, 0.05) is 6.54 Å². The van der Waals surface area contributed by atoms with Crippen LogP contribution >= 0.6 is 0 Å². The first-order valence-electron chi connectivity index (χ1n) is 4.61. The molecule has 0 aliphatic rings. The maximum Gasteiger partial charge on any atom is 0.0646 e. The highest BCUT2D eigenvalue weighted by molar-refractivity contribution is 5.52. The van der Waals surface area contributed by atoms with Crippen molar-refractivity contribution < 1.29 is 0 Å². The maximum absolute atomic E-state index is 5.28. The van der Waals surface area contributed by atoms with E-state index in [0.717, 1.165) is 6.42 Å². The van der Waals surface area contributed by atoms with Crippen LogP contribution in [0.4, 0.5) is 0 Å². The second-order valence-corrected chi connectivity index (χ2v) is 3.60. The van der Waals surface area contributed by atoms with Crippen molar-refractivity contribution in [2.75, 3.05) is 6.54 Å². The Morgan fingerprint density at radius 1 is 1.50 bits per heavy atom. The third-order valence-electron chi connectivity index (χ3n) is 1.72. The summed E-state index contributed by atoms with van der Waals surface area (Å²) in [5.41, 5.74) is 5.31. The molecule has 0 fully saturated rings. The summed E-state index contributed by atoms with van der Waals surface area (Å²) in [6, 6.07) is 0. The van der Waals surface area contributed by atoms with Gasteiger partial charge in [0.05, 0.1) is 5.54 Å². The number of nitrogens with two attached hydrogens (primary N) is 1. The summed E-state index contributed by atoms with van der Waals surface area (Å²) < 4.78 is 0. The van der Waals surface area contributed by atoms with E-state index < -0.39 is 0 Å². The molecular formula is C10H20N2. The number of unbranched alkanes of at least 4 members (excludes halogenated alkanes) is 1. The van der Waals surface area contributed by atoms with Crippen molar-refractivity contribution >= 4 is 5.87 Å². The molecule has 2 nitrogen and oxygen atoms in total. The standard InChI is InChI=1S/C10H20N2/c1-4-5-7-10(2,3)12-9-6-8-11/h6H,4-5,7-8,11H2,1-3H3. The van der Waals surface area contributed by atoms with Gasteiger partial charge in [-0.15, -0.1) is 0 Å². The van der Waals surface area contributed by atoms with Crippen LogP contribution < -0.4 is 5.73 Å². The van der Waals surface area contributed by atoms with Crippen LogP contribution in [0.5, 0.6) is 0 Å². The largest absolute Gasteiger partial charge is 0.326 e. The average Bonchev–Trinajstić information content (AvgIpc) is 2.01. The Morgan fingerprint density at radius 2 is 2.17 bits per heavy atom. The monoisotopic (exact) mass is 168 g/mol. The van der Waals surface area contributed by atoms with E-state index in [9.17, 15) is 0 Å². The number of aliphatic imine (C=N–C) groups is 1. The molecule has 0 spiro atoms. The third-order valence-corrected chi connectivity index (χ3v) is 1.72. The molecular weight excluding hydrogens is 148 g/mol. The van der Waals surface area contributed by atoms with Crippen molar-refractivity contribution in [3.8, 4) is 0 Å². The molecule has 0 bridgehead atoms. The summed E-state index contributed by atoms with van der Waals surface area (Å²) in [7, 11) is 0. The fraction of sp³-hybridized carbons (Fsp3) is 0.800. The van der Waals surface area contributed by atoms with Crippen LogP contribution in [0.2, 0.25) is 0 Å². The summed E-state index contributed by atoms with van der Waals surface area (Å²) in [6.45, 7) is 6.96. The molecule has 0 saturated carbocycles. The Hall–Kier alpha value is -0.590. The Bertz CT molecular complexity index is 165. The molecule has 0 rings (SSSR count). The molecule has 0 saturated heterocycles. The average molecular weight is 168 g/mol. The maximum atomic E-state index is 5.28. The third kappa shape index (κ3) is 6.14. The molecule has 0 aromatic heterocycles. The molecule has 0 aliphatic heterocycles. The second-order valence-electron chi connectivity index (χ2n) is 3.60. The molecule has 12 heavy (non-hydrogen) atoms. The molecule has 0 aromatic rings. The van der Waals surface area contributed by atoms with Gasteiger partial charge in [0.15, 0.2) is 0 Å². The SMILES string of the molecule is CCCCC(C)(C)N=C=CCN. The highest BCUT2D eigenvalue weighted by Gasteiger charge is 2.13. The van der Waals surface area contributed by atoms with E-state index >= 15 is 0 Å². The summed E-state index contributed by atoms with van der Waals surface area (Å²) in [5, 5.41) is 0. The minimum absolute atomic E-state index is 0.0294. The quantitative estimate of drug-likeness (QED) is 0.627. The second kappa shape index (κ2) is 5.99. The molecule has 70 valence electrons. The normalized spacial score (nSPS) is 10.7. The smallest absolute Gasteiger partial charge is 0.0646 e. The summed E-state index contributed by atoms with van der Waals surface area (Å²) in [4.78, 5) is 4.30. The molecule has 0 atom stereocenters. The van der Waals surface area contributed by atoms with Crippen molar-refractivity contribution in [2.24, 2.45) is 10.7 Å². The lowest BCUT2D eigenvalue weighted by Crippen LogP contribution is -2.15. The predicted octanol–water partition coefficient (Wildman–Crippen LogP) is 2.14. The first-order valence-corrected chi connectivity index (χ1v) is 4.61. The highest BCUT2D eigenvalue weighted by atomic mass is 14.8. The molecule has 0 heterocycles. The van der Waals surface area contributed by atoms with E-state index in [0.29, 0.717) is 6.54 Å². The predicted molar refractivity (Wildman–Crippen MR) is 54.7 cm³/mol. The number of nitrogens with zero attached hydrogens (tertiary/aromatic N) is 1. The molecule has 0 aromatic carbocycles. The molecule has 2 heteroatoms. The van der Waals surface area contributed by atoms with Gasteiger partial charge in [0.1, 0.15) is 0 Å². The number of hydrogen-bond acceptors (Lipinski definition) is 2. The van der Waals surface area contributed by atoms with Gasteiger partial charge in [-0.3, -0.25) is 0 Å². The zero-order valence-electron chi connectivity index (χ0n) is 8.43. The molecule has 0 radical (unpaired) electrons. The van der Waals surface area contributed by atoms with Crippen LogP contribution in [0.15, 0.2) is 11.1 Å². The zero-order valence-corrected chi connectivity index (χ0v) is 8.43. The molecule has 0 unspecified atom stereocenters. The van der Waals surface area contributed by atoms with Crippen molar-refractivity contribution in [3.63, 3.8) is 0 Å². The Labute approximate surface area is 75.6 Å². The first kappa shape index (κ1) is 11.4. The Morgan fingerprint density at radius 3 is 2.67 bits per heavy atom. The van der Waals surface area contributed by atoms with Crippen molar-refractivity contribution in [1.29, 1.82) is 0 Å². The van der Waals surface area contributed by atoms with Crippen molar-refractivity contribution in [1.82, 2.24) is 0 Å². The Kier molecular flexibility index (Phi) is 5.69. The summed E-state index contributed by atoms with van der Waals surface area (Å²) >= 11 is 0. The Balaban J connectivity index is 3.93. The fourth-order valence-electron chi connectivity index (χ4n) is 0.938. The summed E-state index contributed by atoms with van der Waals surface area (Å²) in [5.74, 6) is 2.86.